The minimum Gasteiger partial charge on any atom is -0.475 e. The first-order valence-corrected chi connectivity index (χ1v) is 9.22. The molecule has 0 spiro atoms. The SMILES string of the molecule is CN(Cc1cccc(-c2nn[nH]n2)c1)C[C@@H]1C[C@@H]2C=C[C@H]1C2.O=C(O)C(F)(F)F. The molecule has 2 N–H and O–H groups in total. The van der Waals surface area contributed by atoms with Crippen molar-refractivity contribution in [1.82, 2.24) is 25.5 Å². The zero-order chi connectivity index (χ0) is 21.0. The number of rotatable bonds is 5. The lowest BCUT2D eigenvalue weighted by Gasteiger charge is -2.25. The molecule has 0 radical (unpaired) electrons. The van der Waals surface area contributed by atoms with Gasteiger partial charge in [0.25, 0.3) is 0 Å². The molecule has 4 rings (SSSR count). The van der Waals surface area contributed by atoms with Crippen molar-refractivity contribution in [2.75, 3.05) is 13.6 Å². The normalized spacial score (nSPS) is 22.6. The van der Waals surface area contributed by atoms with Crippen molar-refractivity contribution in [3.8, 4) is 11.4 Å². The summed E-state index contributed by atoms with van der Waals surface area (Å²) in [6, 6.07) is 8.41. The average molecular weight is 409 g/mol. The van der Waals surface area contributed by atoms with Gasteiger partial charge in [0, 0.05) is 18.7 Å². The lowest BCUT2D eigenvalue weighted by atomic mass is 9.93. The van der Waals surface area contributed by atoms with Gasteiger partial charge in [0.05, 0.1) is 0 Å². The molecule has 7 nitrogen and oxygen atoms in total. The number of aromatic nitrogens is 4. The fourth-order valence-corrected chi connectivity index (χ4v) is 3.97. The third-order valence-corrected chi connectivity index (χ3v) is 5.19. The number of carboxylic acids is 1. The van der Waals surface area contributed by atoms with E-state index in [9.17, 15) is 13.2 Å². The molecule has 1 heterocycles. The van der Waals surface area contributed by atoms with Gasteiger partial charge in [-0.1, -0.05) is 30.4 Å². The van der Waals surface area contributed by atoms with Gasteiger partial charge in [-0.25, -0.2) is 4.79 Å². The summed E-state index contributed by atoms with van der Waals surface area (Å²) in [5.41, 5.74) is 2.31. The standard InChI is InChI=1S/C17H21N5.C2HF3O2/c1-22(11-16-8-12-5-6-14(16)7-12)10-13-3-2-4-15(9-13)17-18-20-21-19-17;3-2(4,5)1(6)7/h2-6,9,12,14,16H,7-8,10-11H2,1H3,(H,18,19,20,21);(H,6,7)/t12-,14+,16+;/m1./s1. The van der Waals surface area contributed by atoms with Gasteiger partial charge >= 0.3 is 12.1 Å². The minimum absolute atomic E-state index is 0.655. The fraction of sp³-hybridized carbons (Fsp3) is 0.474. The van der Waals surface area contributed by atoms with Crippen LogP contribution in [0.3, 0.4) is 0 Å². The first-order chi connectivity index (χ1) is 13.7. The molecule has 1 saturated carbocycles. The van der Waals surface area contributed by atoms with Crippen molar-refractivity contribution in [2.24, 2.45) is 17.8 Å². The number of hydrogen-bond donors (Lipinski definition) is 2. The van der Waals surface area contributed by atoms with Crippen LogP contribution in [0.2, 0.25) is 0 Å². The van der Waals surface area contributed by atoms with Crippen LogP contribution in [0.1, 0.15) is 18.4 Å². The summed E-state index contributed by atoms with van der Waals surface area (Å²) in [6.45, 7) is 2.14. The van der Waals surface area contributed by atoms with Gasteiger partial charge in [-0.3, -0.25) is 0 Å². The molecule has 2 aliphatic rings. The monoisotopic (exact) mass is 409 g/mol. The summed E-state index contributed by atoms with van der Waals surface area (Å²) in [6.07, 6.45) is 2.51. The number of carbonyl (C=O) groups is 1. The number of aliphatic carboxylic acids is 1. The van der Waals surface area contributed by atoms with Crippen LogP contribution in [0.25, 0.3) is 11.4 Å². The Hall–Kier alpha value is -2.75. The molecule has 2 bridgehead atoms. The van der Waals surface area contributed by atoms with Gasteiger partial charge in [0.15, 0.2) is 0 Å². The lowest BCUT2D eigenvalue weighted by molar-refractivity contribution is -0.192. The summed E-state index contributed by atoms with van der Waals surface area (Å²) in [5.74, 6) is 0.402. The molecule has 10 heteroatoms. The number of alkyl halides is 3. The molecular weight excluding hydrogens is 387 g/mol. The first-order valence-electron chi connectivity index (χ1n) is 9.22. The molecule has 0 unspecified atom stereocenters. The Morgan fingerprint density at radius 2 is 2.07 bits per heavy atom. The van der Waals surface area contributed by atoms with Crippen molar-refractivity contribution in [3.05, 3.63) is 42.0 Å². The van der Waals surface area contributed by atoms with Crippen LogP contribution in [0.4, 0.5) is 13.2 Å². The highest BCUT2D eigenvalue weighted by Crippen LogP contribution is 2.43. The van der Waals surface area contributed by atoms with Crippen molar-refractivity contribution >= 4 is 5.97 Å². The molecule has 156 valence electrons. The molecule has 1 aromatic carbocycles. The van der Waals surface area contributed by atoms with E-state index in [1.54, 1.807) is 0 Å². The van der Waals surface area contributed by atoms with E-state index in [1.165, 1.54) is 24.9 Å². The summed E-state index contributed by atoms with van der Waals surface area (Å²) in [7, 11) is 2.22. The van der Waals surface area contributed by atoms with E-state index in [0.717, 1.165) is 29.9 Å². The largest absolute Gasteiger partial charge is 0.490 e. The van der Waals surface area contributed by atoms with Crippen LogP contribution < -0.4 is 0 Å². The number of halogens is 3. The topological polar surface area (TPSA) is 95.0 Å². The van der Waals surface area contributed by atoms with Crippen LogP contribution in [0.15, 0.2) is 36.4 Å². The number of nitrogens with one attached hydrogen (secondary N) is 1. The number of tetrazole rings is 1. The van der Waals surface area contributed by atoms with Crippen molar-refractivity contribution in [3.63, 3.8) is 0 Å². The second-order valence-corrected chi connectivity index (χ2v) is 7.48. The maximum absolute atomic E-state index is 10.6. The Morgan fingerprint density at radius 3 is 2.62 bits per heavy atom. The van der Waals surface area contributed by atoms with Gasteiger partial charge in [-0.15, -0.1) is 10.2 Å². The smallest absolute Gasteiger partial charge is 0.475 e. The van der Waals surface area contributed by atoms with Gasteiger partial charge in [-0.2, -0.15) is 18.4 Å². The zero-order valence-corrected chi connectivity index (χ0v) is 15.8. The second-order valence-electron chi connectivity index (χ2n) is 7.48. The van der Waals surface area contributed by atoms with E-state index in [2.05, 4.69) is 62.9 Å². The highest BCUT2D eigenvalue weighted by atomic mass is 19.4. The maximum Gasteiger partial charge on any atom is 0.490 e. The summed E-state index contributed by atoms with van der Waals surface area (Å²) < 4.78 is 31.7. The fourth-order valence-electron chi connectivity index (χ4n) is 3.97. The summed E-state index contributed by atoms with van der Waals surface area (Å²) >= 11 is 0. The van der Waals surface area contributed by atoms with Crippen LogP contribution >= 0.6 is 0 Å². The molecule has 2 aliphatic carbocycles. The molecule has 0 aliphatic heterocycles. The molecule has 2 aromatic rings. The Kier molecular flexibility index (Phi) is 6.31. The van der Waals surface area contributed by atoms with E-state index < -0.39 is 12.1 Å². The molecular formula is C19H22F3N5O2. The van der Waals surface area contributed by atoms with Crippen molar-refractivity contribution in [1.29, 1.82) is 0 Å². The minimum atomic E-state index is -5.08. The third kappa shape index (κ3) is 5.63. The number of H-pyrrole nitrogens is 1. The second kappa shape index (κ2) is 8.73. The molecule has 1 fully saturated rings. The Morgan fingerprint density at radius 1 is 1.31 bits per heavy atom. The van der Waals surface area contributed by atoms with Crippen molar-refractivity contribution in [2.45, 2.75) is 25.6 Å². The van der Waals surface area contributed by atoms with Crippen molar-refractivity contribution < 1.29 is 23.1 Å². The number of allylic oxidation sites excluding steroid dienone is 2. The van der Waals surface area contributed by atoms with E-state index in [1.807, 2.05) is 6.07 Å². The van der Waals surface area contributed by atoms with E-state index >= 15 is 0 Å². The predicted octanol–water partition coefficient (Wildman–Crippen LogP) is 3.14. The average Bonchev–Trinajstić information content (AvgIpc) is 3.40. The van der Waals surface area contributed by atoms with Gasteiger partial charge in [0.1, 0.15) is 0 Å². The summed E-state index contributed by atoms with van der Waals surface area (Å²) in [5, 5.41) is 21.4. The van der Waals surface area contributed by atoms with E-state index in [0.29, 0.717) is 5.82 Å². The van der Waals surface area contributed by atoms with Crippen LogP contribution in [0.5, 0.6) is 0 Å². The summed E-state index contributed by atoms with van der Waals surface area (Å²) in [4.78, 5) is 11.3. The molecule has 29 heavy (non-hydrogen) atoms. The van der Waals surface area contributed by atoms with Crippen LogP contribution in [-0.2, 0) is 11.3 Å². The molecule has 1 aromatic heterocycles. The maximum atomic E-state index is 10.6. The third-order valence-electron chi connectivity index (χ3n) is 5.19. The first kappa shape index (κ1) is 21.0. The predicted molar refractivity (Wildman–Crippen MR) is 98.5 cm³/mol. The quantitative estimate of drug-likeness (QED) is 0.737. The highest BCUT2D eigenvalue weighted by molar-refractivity contribution is 5.73. The van der Waals surface area contributed by atoms with Crippen LogP contribution in [-0.4, -0.2) is 56.4 Å². The van der Waals surface area contributed by atoms with E-state index in [-0.39, 0.29) is 0 Å². The molecule has 0 amide bonds. The zero-order valence-electron chi connectivity index (χ0n) is 15.8. The van der Waals surface area contributed by atoms with Crippen LogP contribution in [0, 0.1) is 17.8 Å². The van der Waals surface area contributed by atoms with Gasteiger partial charge < -0.3 is 10.0 Å². The molecule has 3 atom stereocenters. The van der Waals surface area contributed by atoms with Gasteiger partial charge in [0.2, 0.25) is 5.82 Å². The highest BCUT2D eigenvalue weighted by Gasteiger charge is 2.38. The lowest BCUT2D eigenvalue weighted by Crippen LogP contribution is -2.27. The van der Waals surface area contributed by atoms with E-state index in [4.69, 9.17) is 9.90 Å². The Bertz CT molecular complexity index is 854. The number of benzene rings is 1. The number of aromatic amines is 1. The molecule has 0 saturated heterocycles. The Labute approximate surface area is 165 Å². The number of carboxylic acid groups (broad SMARTS) is 1. The number of hydrogen-bond acceptors (Lipinski definition) is 5. The van der Waals surface area contributed by atoms with Gasteiger partial charge in [-0.05, 0) is 54.5 Å². The number of nitrogens with zero attached hydrogens (tertiary/aromatic N) is 4. The number of fused-ring (bicyclic) bond motifs is 2. The Balaban J connectivity index is 0.000000298.